The van der Waals surface area contributed by atoms with Gasteiger partial charge in [-0.1, -0.05) is 0 Å². The largest absolute Gasteiger partial charge is 0.486 e. The summed E-state index contributed by atoms with van der Waals surface area (Å²) < 4.78 is 16.0. The number of carbonyl (C=O) groups is 2. The summed E-state index contributed by atoms with van der Waals surface area (Å²) in [5.74, 6) is 0.900. The van der Waals surface area contributed by atoms with Gasteiger partial charge in [-0.2, -0.15) is 0 Å². The van der Waals surface area contributed by atoms with Crippen LogP contribution in [0.5, 0.6) is 5.75 Å². The molecule has 2 unspecified atom stereocenters. The van der Waals surface area contributed by atoms with E-state index in [-0.39, 0.29) is 18.6 Å². The highest BCUT2D eigenvalue weighted by atomic mass is 16.5. The zero-order valence-electron chi connectivity index (χ0n) is 16.7. The minimum absolute atomic E-state index is 0.173. The summed E-state index contributed by atoms with van der Waals surface area (Å²) in [5, 5.41) is 3.12. The van der Waals surface area contributed by atoms with Gasteiger partial charge in [-0.25, -0.2) is 4.79 Å². The maximum Gasteiger partial charge on any atom is 0.337 e. The van der Waals surface area contributed by atoms with E-state index >= 15 is 0 Å². The summed E-state index contributed by atoms with van der Waals surface area (Å²) in [6, 6.07) is 11.4. The number of nitrogens with zero attached hydrogens (tertiary/aromatic N) is 1. The fraction of sp³-hybridized carbons (Fsp3) is 0.455. The number of piperidine rings is 1. The molecular formula is C22H26N2O5. The number of ether oxygens (including phenoxy) is 2. The second-order valence-electron chi connectivity index (χ2n) is 7.76. The van der Waals surface area contributed by atoms with Crippen LogP contribution < -0.4 is 10.1 Å². The summed E-state index contributed by atoms with van der Waals surface area (Å²) in [4.78, 5) is 26.4. The third-order valence-corrected chi connectivity index (χ3v) is 5.98. The number of hydrogen-bond donors (Lipinski definition) is 1. The third kappa shape index (κ3) is 4.29. The van der Waals surface area contributed by atoms with Gasteiger partial charge in [0.25, 0.3) is 5.91 Å². The van der Waals surface area contributed by atoms with E-state index in [2.05, 4.69) is 22.0 Å². The maximum absolute atomic E-state index is 12.5. The number of benzene rings is 1. The first-order valence-electron chi connectivity index (χ1n) is 9.96. The third-order valence-electron chi connectivity index (χ3n) is 5.98. The zero-order valence-corrected chi connectivity index (χ0v) is 16.7. The smallest absolute Gasteiger partial charge is 0.337 e. The van der Waals surface area contributed by atoms with Gasteiger partial charge in [0.05, 0.1) is 12.7 Å². The van der Waals surface area contributed by atoms with E-state index in [9.17, 15) is 9.59 Å². The molecule has 2 fully saturated rings. The molecule has 29 heavy (non-hydrogen) atoms. The molecule has 0 spiro atoms. The molecule has 1 amide bonds. The number of furan rings is 1. The highest BCUT2D eigenvalue weighted by molar-refractivity contribution is 5.91. The minimum Gasteiger partial charge on any atom is -0.486 e. The Bertz CT molecular complexity index is 862. The Morgan fingerprint density at radius 2 is 1.79 bits per heavy atom. The monoisotopic (exact) mass is 398 g/mol. The molecular weight excluding hydrogens is 372 g/mol. The quantitative estimate of drug-likeness (QED) is 0.754. The lowest BCUT2D eigenvalue weighted by Crippen LogP contribution is -2.48. The Kier molecular flexibility index (Phi) is 5.58. The van der Waals surface area contributed by atoms with Crippen molar-refractivity contribution in [1.82, 2.24) is 10.2 Å². The first-order valence-corrected chi connectivity index (χ1v) is 9.96. The van der Waals surface area contributed by atoms with Crippen LogP contribution >= 0.6 is 0 Å². The lowest BCUT2D eigenvalue weighted by Gasteiger charge is -2.36. The summed E-state index contributed by atoms with van der Waals surface area (Å²) in [6.07, 6.45) is 4.43. The maximum atomic E-state index is 12.5. The van der Waals surface area contributed by atoms with Gasteiger partial charge in [0.1, 0.15) is 18.1 Å². The van der Waals surface area contributed by atoms with Crippen molar-refractivity contribution in [3.63, 3.8) is 0 Å². The summed E-state index contributed by atoms with van der Waals surface area (Å²) in [5.41, 5.74) is 0.458. The van der Waals surface area contributed by atoms with Crippen LogP contribution in [0.15, 0.2) is 40.8 Å². The summed E-state index contributed by atoms with van der Waals surface area (Å²) in [6.45, 7) is 0.198. The summed E-state index contributed by atoms with van der Waals surface area (Å²) >= 11 is 0. The standard InChI is InChI=1S/C22H26N2O5/c1-24-16-5-6-17(24)12-15(11-16)23-21(25)20-10-9-19(29-20)13-28-18-7-3-14(4-8-18)22(26)27-2/h3-4,7-10,15-17H,5-6,11-13H2,1-2H3,(H,23,25). The molecule has 0 saturated carbocycles. The average molecular weight is 398 g/mol. The second-order valence-corrected chi connectivity index (χ2v) is 7.76. The van der Waals surface area contributed by atoms with E-state index < -0.39 is 5.97 Å². The molecule has 2 aromatic rings. The van der Waals surface area contributed by atoms with Gasteiger partial charge in [-0.3, -0.25) is 4.79 Å². The molecule has 2 saturated heterocycles. The van der Waals surface area contributed by atoms with Crippen LogP contribution in [-0.4, -0.2) is 49.1 Å². The number of fused-ring (bicyclic) bond motifs is 2. The normalized spacial score (nSPS) is 23.6. The molecule has 2 atom stereocenters. The molecule has 3 heterocycles. The van der Waals surface area contributed by atoms with Crippen molar-refractivity contribution in [1.29, 1.82) is 0 Å². The van der Waals surface area contributed by atoms with Crippen molar-refractivity contribution < 1.29 is 23.5 Å². The van der Waals surface area contributed by atoms with Crippen LogP contribution in [0.25, 0.3) is 0 Å². The Hall–Kier alpha value is -2.80. The molecule has 1 aromatic carbocycles. The zero-order chi connectivity index (χ0) is 20.4. The van der Waals surface area contributed by atoms with E-state index in [0.29, 0.717) is 34.9 Å². The van der Waals surface area contributed by atoms with Crippen LogP contribution in [0.4, 0.5) is 0 Å². The predicted molar refractivity (Wildman–Crippen MR) is 106 cm³/mol. The van der Waals surface area contributed by atoms with Crippen LogP contribution in [0.2, 0.25) is 0 Å². The number of nitrogens with one attached hydrogen (secondary N) is 1. The van der Waals surface area contributed by atoms with Crippen molar-refractivity contribution in [2.24, 2.45) is 0 Å². The van der Waals surface area contributed by atoms with Crippen LogP contribution in [-0.2, 0) is 11.3 Å². The van der Waals surface area contributed by atoms with Crippen molar-refractivity contribution in [3.8, 4) is 5.75 Å². The Balaban J connectivity index is 1.29. The molecule has 1 N–H and O–H groups in total. The van der Waals surface area contributed by atoms with Gasteiger partial charge in [-0.05, 0) is 69.1 Å². The van der Waals surface area contributed by atoms with Gasteiger partial charge < -0.3 is 24.1 Å². The lowest BCUT2D eigenvalue weighted by atomic mass is 9.98. The number of carbonyl (C=O) groups excluding carboxylic acids is 2. The number of rotatable bonds is 6. The predicted octanol–water partition coefficient (Wildman–Crippen LogP) is 3.00. The Morgan fingerprint density at radius 3 is 2.45 bits per heavy atom. The van der Waals surface area contributed by atoms with Gasteiger partial charge in [0.15, 0.2) is 5.76 Å². The Morgan fingerprint density at radius 1 is 1.10 bits per heavy atom. The topological polar surface area (TPSA) is 81.0 Å². The molecule has 7 heteroatoms. The number of esters is 1. The molecule has 1 aromatic heterocycles. The van der Waals surface area contributed by atoms with Gasteiger partial charge in [-0.15, -0.1) is 0 Å². The second kappa shape index (κ2) is 8.29. The van der Waals surface area contributed by atoms with Gasteiger partial charge in [0.2, 0.25) is 0 Å². The highest BCUT2D eigenvalue weighted by Crippen LogP contribution is 2.34. The van der Waals surface area contributed by atoms with Crippen molar-refractivity contribution in [3.05, 3.63) is 53.5 Å². The van der Waals surface area contributed by atoms with Crippen molar-refractivity contribution in [2.75, 3.05) is 14.2 Å². The van der Waals surface area contributed by atoms with Crippen LogP contribution in [0, 0.1) is 0 Å². The van der Waals surface area contributed by atoms with E-state index in [1.807, 2.05) is 0 Å². The Labute approximate surface area is 170 Å². The molecule has 154 valence electrons. The molecule has 4 rings (SSSR count). The van der Waals surface area contributed by atoms with E-state index in [4.69, 9.17) is 9.15 Å². The molecule has 2 aliphatic heterocycles. The minimum atomic E-state index is -0.393. The average Bonchev–Trinajstić information content (AvgIpc) is 3.28. The highest BCUT2D eigenvalue weighted by Gasteiger charge is 2.39. The van der Waals surface area contributed by atoms with Gasteiger partial charge >= 0.3 is 5.97 Å². The molecule has 2 bridgehead atoms. The lowest BCUT2D eigenvalue weighted by molar-refractivity contribution is 0.0600. The fourth-order valence-corrected chi connectivity index (χ4v) is 4.32. The first-order chi connectivity index (χ1) is 14.0. The number of hydrogen-bond acceptors (Lipinski definition) is 6. The van der Waals surface area contributed by atoms with Crippen molar-refractivity contribution in [2.45, 2.75) is 50.4 Å². The summed E-state index contributed by atoms with van der Waals surface area (Å²) in [7, 11) is 3.52. The van der Waals surface area contributed by atoms with Crippen LogP contribution in [0.3, 0.4) is 0 Å². The SMILES string of the molecule is COC(=O)c1ccc(OCc2ccc(C(=O)NC3CC4CCC(C3)N4C)o2)cc1. The van der Waals surface area contributed by atoms with Crippen LogP contribution in [0.1, 0.15) is 52.4 Å². The molecule has 7 nitrogen and oxygen atoms in total. The molecule has 2 aliphatic rings. The molecule has 0 radical (unpaired) electrons. The van der Waals surface area contributed by atoms with E-state index in [1.165, 1.54) is 20.0 Å². The van der Waals surface area contributed by atoms with Crippen molar-refractivity contribution >= 4 is 11.9 Å². The van der Waals surface area contributed by atoms with Gasteiger partial charge in [0, 0.05) is 18.1 Å². The van der Waals surface area contributed by atoms with E-state index in [1.54, 1.807) is 36.4 Å². The first kappa shape index (κ1) is 19.5. The number of amides is 1. The number of methoxy groups -OCH3 is 1. The fourth-order valence-electron chi connectivity index (χ4n) is 4.32. The molecule has 0 aliphatic carbocycles. The van der Waals surface area contributed by atoms with E-state index in [0.717, 1.165) is 12.8 Å².